The lowest BCUT2D eigenvalue weighted by molar-refractivity contribution is -0.118. The van der Waals surface area contributed by atoms with E-state index < -0.39 is 0 Å². The highest BCUT2D eigenvalue weighted by molar-refractivity contribution is 5.76. The maximum atomic E-state index is 10.5. The monoisotopic (exact) mass is 141 g/mol. The fourth-order valence-corrected chi connectivity index (χ4v) is 0.512. The molecule has 0 aromatic carbocycles. The van der Waals surface area contributed by atoms with E-state index in [9.17, 15) is 4.79 Å². The number of carbonyl (C=O) groups excluding carboxylic acids is 1. The molecule has 0 saturated heterocycles. The van der Waals surface area contributed by atoms with Crippen molar-refractivity contribution in [3.63, 3.8) is 0 Å². The van der Waals surface area contributed by atoms with Crippen LogP contribution >= 0.6 is 0 Å². The van der Waals surface area contributed by atoms with Crippen LogP contribution in [0.3, 0.4) is 0 Å². The number of hydrogen-bond donors (Lipinski definition) is 0. The van der Waals surface area contributed by atoms with Gasteiger partial charge in [-0.25, -0.2) is 0 Å². The van der Waals surface area contributed by atoms with Gasteiger partial charge in [-0.15, -0.1) is 0 Å². The van der Waals surface area contributed by atoms with Gasteiger partial charge in [0.25, 0.3) is 0 Å². The van der Waals surface area contributed by atoms with Crippen molar-refractivity contribution in [3.8, 4) is 0 Å². The molecule has 4 nitrogen and oxygen atoms in total. The van der Waals surface area contributed by atoms with Gasteiger partial charge in [0.15, 0.2) is 0 Å². The lowest BCUT2D eigenvalue weighted by Gasteiger charge is -1.98. The zero-order chi connectivity index (χ0) is 7.98. The molecule has 56 valence electrons. The Balaban J connectivity index is 3.50. The zero-order valence-corrected chi connectivity index (χ0v) is 6.24. The zero-order valence-electron chi connectivity index (χ0n) is 6.24. The van der Waals surface area contributed by atoms with Crippen LogP contribution in [0.25, 0.3) is 10.4 Å². The van der Waals surface area contributed by atoms with Gasteiger partial charge in [-0.3, -0.25) is 4.79 Å². The molecule has 0 aromatic rings. The van der Waals surface area contributed by atoms with E-state index in [0.717, 1.165) is 6.42 Å². The van der Waals surface area contributed by atoms with Crippen LogP contribution in [-0.2, 0) is 4.79 Å². The van der Waals surface area contributed by atoms with Crippen molar-refractivity contribution < 1.29 is 4.79 Å². The Bertz CT molecular complexity index is 158. The van der Waals surface area contributed by atoms with Crippen molar-refractivity contribution in [2.75, 3.05) is 0 Å². The highest BCUT2D eigenvalue weighted by Gasteiger charge is 1.99. The molecule has 0 unspecified atom stereocenters. The average molecular weight is 141 g/mol. The van der Waals surface area contributed by atoms with Crippen molar-refractivity contribution >= 4 is 5.91 Å². The predicted molar refractivity (Wildman–Crippen MR) is 38.2 cm³/mol. The molecule has 0 fully saturated rings. The molecule has 0 radical (unpaired) electrons. The third kappa shape index (κ3) is 5.12. The number of amides is 1. The summed E-state index contributed by atoms with van der Waals surface area (Å²) >= 11 is 0. The van der Waals surface area contributed by atoms with E-state index in [1.54, 1.807) is 0 Å². The summed E-state index contributed by atoms with van der Waals surface area (Å²) in [6.45, 7) is 4.03. The van der Waals surface area contributed by atoms with Crippen LogP contribution in [0.2, 0.25) is 0 Å². The molecule has 0 bridgehead atoms. The second-order valence-electron chi connectivity index (χ2n) is 2.52. The minimum Gasteiger partial charge on any atom is -0.293 e. The van der Waals surface area contributed by atoms with E-state index in [4.69, 9.17) is 5.53 Å². The van der Waals surface area contributed by atoms with Crippen LogP contribution in [-0.4, -0.2) is 5.91 Å². The van der Waals surface area contributed by atoms with E-state index in [-0.39, 0.29) is 5.91 Å². The number of azide groups is 1. The second-order valence-corrected chi connectivity index (χ2v) is 2.52. The van der Waals surface area contributed by atoms with E-state index in [1.807, 2.05) is 13.8 Å². The summed E-state index contributed by atoms with van der Waals surface area (Å²) in [5.74, 6) is 0.119. The molecule has 0 heterocycles. The minimum absolute atomic E-state index is 0.363. The van der Waals surface area contributed by atoms with E-state index in [2.05, 4.69) is 10.0 Å². The Morgan fingerprint density at radius 2 is 2.30 bits per heavy atom. The Hall–Kier alpha value is -1.02. The molecular weight excluding hydrogens is 130 g/mol. The summed E-state index contributed by atoms with van der Waals surface area (Å²) in [5.41, 5.74) is 7.84. The molecule has 1 amide bonds. The third-order valence-electron chi connectivity index (χ3n) is 1.09. The smallest absolute Gasteiger partial charge is 0.218 e. The highest BCUT2D eigenvalue weighted by atomic mass is 16.1. The first-order valence-corrected chi connectivity index (χ1v) is 3.24. The topological polar surface area (TPSA) is 65.8 Å². The quantitative estimate of drug-likeness (QED) is 0.337. The molecule has 0 aromatic heterocycles. The Morgan fingerprint density at radius 1 is 1.70 bits per heavy atom. The fraction of sp³-hybridized carbons (Fsp3) is 0.833. The molecule has 4 heteroatoms. The molecular formula is C6H11N3O. The standard InChI is InChI=1S/C6H11N3O/c1-5(2)3-4-6(10)8-9-7/h5H,3-4H2,1-2H3. The number of carbonyl (C=O) groups is 1. The van der Waals surface area contributed by atoms with E-state index in [0.29, 0.717) is 12.3 Å². The minimum atomic E-state index is -0.365. The van der Waals surface area contributed by atoms with Crippen LogP contribution in [0.1, 0.15) is 26.7 Å². The first-order chi connectivity index (χ1) is 4.66. The molecule has 0 spiro atoms. The fourth-order valence-electron chi connectivity index (χ4n) is 0.512. The van der Waals surface area contributed by atoms with E-state index >= 15 is 0 Å². The van der Waals surface area contributed by atoms with Crippen LogP contribution in [0.4, 0.5) is 0 Å². The first kappa shape index (κ1) is 8.98. The van der Waals surface area contributed by atoms with Gasteiger partial charge in [-0.2, -0.15) is 0 Å². The first-order valence-electron chi connectivity index (χ1n) is 3.24. The average Bonchev–Trinajstić information content (AvgIpc) is 1.85. The van der Waals surface area contributed by atoms with Crippen LogP contribution < -0.4 is 0 Å². The highest BCUT2D eigenvalue weighted by Crippen LogP contribution is 2.03. The molecule has 0 atom stereocenters. The summed E-state index contributed by atoms with van der Waals surface area (Å²) in [6.07, 6.45) is 1.15. The normalized spacial score (nSPS) is 9.10. The van der Waals surface area contributed by atoms with Crippen molar-refractivity contribution in [1.82, 2.24) is 0 Å². The summed E-state index contributed by atoms with van der Waals surface area (Å²) < 4.78 is 0. The number of hydrogen-bond acceptors (Lipinski definition) is 1. The molecule has 0 aliphatic heterocycles. The van der Waals surface area contributed by atoms with Crippen molar-refractivity contribution in [2.24, 2.45) is 11.0 Å². The second kappa shape index (κ2) is 4.82. The van der Waals surface area contributed by atoms with E-state index in [1.165, 1.54) is 0 Å². The van der Waals surface area contributed by atoms with Gasteiger partial charge < -0.3 is 0 Å². The van der Waals surface area contributed by atoms with Gasteiger partial charge in [0.1, 0.15) is 0 Å². The lowest BCUT2D eigenvalue weighted by Crippen LogP contribution is -1.95. The summed E-state index contributed by atoms with van der Waals surface area (Å²) in [6, 6.07) is 0. The van der Waals surface area contributed by atoms with Gasteiger partial charge in [0.05, 0.1) is 0 Å². The van der Waals surface area contributed by atoms with Crippen LogP contribution in [0.5, 0.6) is 0 Å². The molecule has 0 N–H and O–H groups in total. The Labute approximate surface area is 59.9 Å². The van der Waals surface area contributed by atoms with Gasteiger partial charge in [0, 0.05) is 11.3 Å². The number of rotatable bonds is 3. The Kier molecular flexibility index (Phi) is 4.33. The Morgan fingerprint density at radius 3 is 2.70 bits per heavy atom. The summed E-state index contributed by atoms with van der Waals surface area (Å²) in [4.78, 5) is 12.9. The molecule has 0 rings (SSSR count). The van der Waals surface area contributed by atoms with Crippen LogP contribution in [0, 0.1) is 5.92 Å². The summed E-state index contributed by atoms with van der Waals surface area (Å²) in [7, 11) is 0. The number of nitrogens with zero attached hydrogens (tertiary/aromatic N) is 3. The largest absolute Gasteiger partial charge is 0.293 e. The van der Waals surface area contributed by atoms with Gasteiger partial charge >= 0.3 is 0 Å². The maximum Gasteiger partial charge on any atom is 0.218 e. The third-order valence-corrected chi connectivity index (χ3v) is 1.09. The lowest BCUT2D eigenvalue weighted by atomic mass is 10.1. The molecule has 10 heavy (non-hydrogen) atoms. The van der Waals surface area contributed by atoms with Gasteiger partial charge in [-0.1, -0.05) is 13.8 Å². The van der Waals surface area contributed by atoms with Crippen molar-refractivity contribution in [1.29, 1.82) is 0 Å². The maximum absolute atomic E-state index is 10.5. The van der Waals surface area contributed by atoms with Gasteiger partial charge in [-0.05, 0) is 23.0 Å². The SMILES string of the molecule is CC(C)CCC(=O)N=[N+]=[N-]. The van der Waals surface area contributed by atoms with Crippen LogP contribution in [0.15, 0.2) is 5.11 Å². The van der Waals surface area contributed by atoms with Crippen molar-refractivity contribution in [3.05, 3.63) is 10.4 Å². The summed E-state index contributed by atoms with van der Waals surface area (Å²) in [5, 5.41) is 2.94. The molecule has 0 aliphatic rings. The molecule has 0 saturated carbocycles. The van der Waals surface area contributed by atoms with Gasteiger partial charge in [0.2, 0.25) is 5.91 Å². The predicted octanol–water partition coefficient (Wildman–Crippen LogP) is 2.26. The molecule has 0 aliphatic carbocycles. The van der Waals surface area contributed by atoms with Crippen molar-refractivity contribution in [2.45, 2.75) is 26.7 Å².